The number of hydrogen-bond acceptors (Lipinski definition) is 2. The highest BCUT2D eigenvalue weighted by molar-refractivity contribution is 6.32. The fourth-order valence-electron chi connectivity index (χ4n) is 1.86. The van der Waals surface area contributed by atoms with Gasteiger partial charge in [-0.1, -0.05) is 12.1 Å². The number of benzene rings is 2. The van der Waals surface area contributed by atoms with E-state index in [1.807, 2.05) is 0 Å². The third kappa shape index (κ3) is 4.30. The Bertz CT molecular complexity index is 689. The summed E-state index contributed by atoms with van der Waals surface area (Å²) in [5.41, 5.74) is 1.54. The molecule has 0 radical (unpaired) electrons. The predicted octanol–water partition coefficient (Wildman–Crippen LogP) is 3.70. The molecular weight excluding hydrogens is 307 g/mol. The van der Waals surface area contributed by atoms with Gasteiger partial charge in [0.05, 0.1) is 0 Å². The minimum Gasteiger partial charge on any atom is -0.326 e. The monoisotopic (exact) mass is 320 g/mol. The summed E-state index contributed by atoms with van der Waals surface area (Å²) in [4.78, 5) is 23.0. The quantitative estimate of drug-likeness (QED) is 0.844. The molecule has 1 unspecified atom stereocenters. The molecule has 0 saturated heterocycles. The molecule has 2 aromatic rings. The summed E-state index contributed by atoms with van der Waals surface area (Å²) in [5, 5.41) is 4.26. The van der Waals surface area contributed by atoms with Crippen LogP contribution in [0.2, 0.25) is 0 Å². The van der Waals surface area contributed by atoms with E-state index in [1.165, 1.54) is 25.1 Å². The molecule has 22 heavy (non-hydrogen) atoms. The van der Waals surface area contributed by atoms with Crippen molar-refractivity contribution >= 4 is 34.8 Å². The first-order valence-corrected chi connectivity index (χ1v) is 6.97. The van der Waals surface area contributed by atoms with Crippen LogP contribution in [0.25, 0.3) is 0 Å². The standard InChI is InChI=1S/C16H14ClFN2O2/c1-10(21)19-13-5-7-14(8-6-13)20-16(22)15(17)11-3-2-4-12(18)9-11/h2-9,15H,1H3,(H,19,21)(H,20,22). The Morgan fingerprint density at radius 3 is 2.18 bits per heavy atom. The average Bonchev–Trinajstić information content (AvgIpc) is 2.48. The van der Waals surface area contributed by atoms with E-state index in [0.717, 1.165) is 0 Å². The lowest BCUT2D eigenvalue weighted by atomic mass is 10.1. The average molecular weight is 321 g/mol. The molecule has 2 aromatic carbocycles. The minimum atomic E-state index is -0.995. The molecule has 0 aromatic heterocycles. The molecule has 1 atom stereocenters. The smallest absolute Gasteiger partial charge is 0.246 e. The SMILES string of the molecule is CC(=O)Nc1ccc(NC(=O)C(Cl)c2cccc(F)c2)cc1. The van der Waals surface area contributed by atoms with Crippen LogP contribution in [0.15, 0.2) is 48.5 Å². The second-order valence-corrected chi connectivity index (χ2v) is 5.10. The molecule has 0 fully saturated rings. The Hall–Kier alpha value is -2.40. The van der Waals surface area contributed by atoms with Gasteiger partial charge in [0, 0.05) is 18.3 Å². The fourth-order valence-corrected chi connectivity index (χ4v) is 2.05. The van der Waals surface area contributed by atoms with Crippen molar-refractivity contribution in [3.05, 3.63) is 59.9 Å². The van der Waals surface area contributed by atoms with Gasteiger partial charge in [-0.25, -0.2) is 4.39 Å². The van der Waals surface area contributed by atoms with Crippen molar-refractivity contribution in [1.82, 2.24) is 0 Å². The van der Waals surface area contributed by atoms with Crippen LogP contribution in [0.1, 0.15) is 17.9 Å². The summed E-state index contributed by atoms with van der Waals surface area (Å²) in [6, 6.07) is 12.2. The molecule has 0 aliphatic heterocycles. The van der Waals surface area contributed by atoms with Crippen LogP contribution >= 0.6 is 11.6 Å². The van der Waals surface area contributed by atoms with Crippen LogP contribution < -0.4 is 10.6 Å². The minimum absolute atomic E-state index is 0.177. The number of carbonyl (C=O) groups excluding carboxylic acids is 2. The molecule has 0 spiro atoms. The predicted molar refractivity (Wildman–Crippen MR) is 84.4 cm³/mol. The number of nitrogens with one attached hydrogen (secondary N) is 2. The lowest BCUT2D eigenvalue weighted by molar-refractivity contribution is -0.116. The molecule has 0 saturated carbocycles. The first kappa shape index (κ1) is 16.0. The van der Waals surface area contributed by atoms with E-state index in [-0.39, 0.29) is 5.91 Å². The van der Waals surface area contributed by atoms with E-state index >= 15 is 0 Å². The maximum Gasteiger partial charge on any atom is 0.246 e. The first-order chi connectivity index (χ1) is 10.5. The van der Waals surface area contributed by atoms with Crippen LogP contribution in [-0.4, -0.2) is 11.8 Å². The highest BCUT2D eigenvalue weighted by Crippen LogP contribution is 2.23. The Morgan fingerprint density at radius 2 is 1.64 bits per heavy atom. The van der Waals surface area contributed by atoms with Crippen molar-refractivity contribution in [3.63, 3.8) is 0 Å². The van der Waals surface area contributed by atoms with Crippen molar-refractivity contribution < 1.29 is 14.0 Å². The second kappa shape index (κ2) is 7.04. The van der Waals surface area contributed by atoms with Crippen LogP contribution in [0.3, 0.4) is 0 Å². The van der Waals surface area contributed by atoms with Gasteiger partial charge >= 0.3 is 0 Å². The van der Waals surface area contributed by atoms with E-state index < -0.39 is 17.1 Å². The van der Waals surface area contributed by atoms with E-state index in [9.17, 15) is 14.0 Å². The Kier molecular flexibility index (Phi) is 5.12. The van der Waals surface area contributed by atoms with Gasteiger partial charge in [0.2, 0.25) is 11.8 Å². The van der Waals surface area contributed by atoms with Crippen molar-refractivity contribution in [3.8, 4) is 0 Å². The molecule has 0 heterocycles. The Labute approximate surface area is 132 Å². The van der Waals surface area contributed by atoms with E-state index in [1.54, 1.807) is 30.3 Å². The molecule has 0 aliphatic carbocycles. The Morgan fingerprint density at radius 1 is 1.05 bits per heavy atom. The van der Waals surface area contributed by atoms with Gasteiger partial charge in [0.25, 0.3) is 0 Å². The normalized spacial score (nSPS) is 11.6. The summed E-state index contributed by atoms with van der Waals surface area (Å²) in [7, 11) is 0. The lowest BCUT2D eigenvalue weighted by Crippen LogP contribution is -2.17. The summed E-state index contributed by atoms with van der Waals surface area (Å²) in [6.07, 6.45) is 0. The molecule has 2 N–H and O–H groups in total. The number of anilines is 2. The number of halogens is 2. The molecular formula is C16H14ClFN2O2. The zero-order chi connectivity index (χ0) is 16.1. The van der Waals surface area contributed by atoms with Crippen LogP contribution in [0.4, 0.5) is 15.8 Å². The Balaban J connectivity index is 2.03. The van der Waals surface area contributed by atoms with Gasteiger partial charge in [-0.05, 0) is 42.0 Å². The van der Waals surface area contributed by atoms with Crippen molar-refractivity contribution in [1.29, 1.82) is 0 Å². The molecule has 4 nitrogen and oxygen atoms in total. The molecule has 0 aliphatic rings. The summed E-state index contributed by atoms with van der Waals surface area (Å²) < 4.78 is 13.1. The summed E-state index contributed by atoms with van der Waals surface area (Å²) in [6.45, 7) is 1.41. The third-order valence-corrected chi connectivity index (χ3v) is 3.29. The molecule has 0 bridgehead atoms. The number of amides is 2. The van der Waals surface area contributed by atoms with Gasteiger partial charge in [-0.3, -0.25) is 9.59 Å². The maximum atomic E-state index is 13.1. The van der Waals surface area contributed by atoms with Gasteiger partial charge < -0.3 is 10.6 Å². The first-order valence-electron chi connectivity index (χ1n) is 6.54. The van der Waals surface area contributed by atoms with Crippen LogP contribution in [-0.2, 0) is 9.59 Å². The third-order valence-electron chi connectivity index (χ3n) is 2.84. The fraction of sp³-hybridized carbons (Fsp3) is 0.125. The second-order valence-electron chi connectivity index (χ2n) is 4.67. The van der Waals surface area contributed by atoms with Crippen LogP contribution in [0.5, 0.6) is 0 Å². The highest BCUT2D eigenvalue weighted by atomic mass is 35.5. The van der Waals surface area contributed by atoms with E-state index in [2.05, 4.69) is 10.6 Å². The zero-order valence-corrected chi connectivity index (χ0v) is 12.5. The van der Waals surface area contributed by atoms with Gasteiger partial charge in [0.15, 0.2) is 0 Å². The van der Waals surface area contributed by atoms with Gasteiger partial charge in [-0.2, -0.15) is 0 Å². The molecule has 114 valence electrons. The van der Waals surface area contributed by atoms with Gasteiger partial charge in [-0.15, -0.1) is 11.6 Å². The van der Waals surface area contributed by atoms with Crippen LogP contribution in [0, 0.1) is 5.82 Å². The van der Waals surface area contributed by atoms with E-state index in [0.29, 0.717) is 16.9 Å². The zero-order valence-electron chi connectivity index (χ0n) is 11.8. The van der Waals surface area contributed by atoms with Gasteiger partial charge in [0.1, 0.15) is 11.2 Å². The van der Waals surface area contributed by atoms with E-state index in [4.69, 9.17) is 11.6 Å². The molecule has 6 heteroatoms. The number of alkyl halides is 1. The van der Waals surface area contributed by atoms with Crippen molar-refractivity contribution in [2.45, 2.75) is 12.3 Å². The molecule has 2 rings (SSSR count). The van der Waals surface area contributed by atoms with Crippen molar-refractivity contribution in [2.75, 3.05) is 10.6 Å². The number of carbonyl (C=O) groups is 2. The van der Waals surface area contributed by atoms with Crippen molar-refractivity contribution in [2.24, 2.45) is 0 Å². The number of hydrogen-bond donors (Lipinski definition) is 2. The molecule has 2 amide bonds. The summed E-state index contributed by atoms with van der Waals surface area (Å²) >= 11 is 6.04. The maximum absolute atomic E-state index is 13.1. The topological polar surface area (TPSA) is 58.2 Å². The summed E-state index contributed by atoms with van der Waals surface area (Å²) in [5.74, 6) is -1.08. The highest BCUT2D eigenvalue weighted by Gasteiger charge is 2.18. The lowest BCUT2D eigenvalue weighted by Gasteiger charge is -2.11. The largest absolute Gasteiger partial charge is 0.326 e. The number of rotatable bonds is 4.